The summed E-state index contributed by atoms with van der Waals surface area (Å²) in [7, 11) is 0. The summed E-state index contributed by atoms with van der Waals surface area (Å²) in [6, 6.07) is -0.845. The molecular weight excluding hydrogens is 1440 g/mol. The van der Waals surface area contributed by atoms with Crippen LogP contribution in [0.1, 0.15) is 103 Å². The molecule has 4 saturated heterocycles. The number of urea groups is 1. The second kappa shape index (κ2) is 40.5. The smallest absolute Gasteiger partial charge is 0.330 e. The number of nitrogens with zero attached hydrogens (tertiary/aromatic N) is 4. The van der Waals surface area contributed by atoms with Crippen LogP contribution in [0.15, 0.2) is 67.3 Å². The van der Waals surface area contributed by atoms with E-state index in [4.69, 9.17) is 21.6 Å². The number of hydrogen-bond acceptors (Lipinski definition) is 22. The third kappa shape index (κ3) is 26.9. The van der Waals surface area contributed by atoms with Crippen LogP contribution < -0.4 is 80.8 Å². The predicted molar refractivity (Wildman–Crippen MR) is 392 cm³/mol. The van der Waals surface area contributed by atoms with Gasteiger partial charge in [0, 0.05) is 74.7 Å². The van der Waals surface area contributed by atoms with Crippen LogP contribution in [0.2, 0.25) is 0 Å². The lowest BCUT2D eigenvalue weighted by atomic mass is 10.0. The zero-order valence-corrected chi connectivity index (χ0v) is 62.0. The van der Waals surface area contributed by atoms with E-state index in [0.29, 0.717) is 40.7 Å². The first kappa shape index (κ1) is 85.6. The van der Waals surface area contributed by atoms with Crippen LogP contribution in [0.25, 0.3) is 10.9 Å². The molecule has 4 aliphatic heterocycles. The number of aliphatic hydroxyl groups excluding tert-OH is 1. The van der Waals surface area contributed by atoms with E-state index >= 15 is 0 Å². The Morgan fingerprint density at radius 3 is 1.83 bits per heavy atom. The largest absolute Gasteiger partial charge is 0.508 e. The summed E-state index contributed by atoms with van der Waals surface area (Å²) < 4.78 is 6.02. The summed E-state index contributed by atoms with van der Waals surface area (Å²) >= 11 is 0. The number of hydrogen-bond donors (Lipinski definition) is 20. The van der Waals surface area contributed by atoms with Crippen LogP contribution >= 0.6 is 0 Å². The van der Waals surface area contributed by atoms with Gasteiger partial charge in [-0.05, 0) is 101 Å². The first-order valence-electron chi connectivity index (χ1n) is 35.9. The minimum Gasteiger partial charge on any atom is -0.508 e. The zero-order valence-electron chi connectivity index (χ0n) is 62.0. The molecular formula is C70H100N22O18. The van der Waals surface area contributed by atoms with Gasteiger partial charge < -0.3 is 89.1 Å². The average molecular weight is 1540 g/mol. The van der Waals surface area contributed by atoms with Gasteiger partial charge in [0.1, 0.15) is 60.1 Å². The summed E-state index contributed by atoms with van der Waals surface area (Å²) in [5.41, 5.74) is 15.9. The first-order chi connectivity index (χ1) is 52.1. The third-order valence-electron chi connectivity index (χ3n) is 18.0. The second-order valence-electron chi connectivity index (χ2n) is 28.5. The van der Waals surface area contributed by atoms with E-state index in [1.807, 2.05) is 12.3 Å². The maximum absolute atomic E-state index is 14.8. The molecule has 2 aromatic heterocycles. The molecule has 16 amide bonds. The Kier molecular flexibility index (Phi) is 31.5. The molecule has 4 fully saturated rings. The van der Waals surface area contributed by atoms with Crippen molar-refractivity contribution in [1.29, 1.82) is 5.41 Å². The first-order valence-corrected chi connectivity index (χ1v) is 35.9. The third-order valence-corrected chi connectivity index (χ3v) is 18.0. The Labute approximate surface area is 632 Å². The maximum Gasteiger partial charge on any atom is 0.330 e. The molecule has 598 valence electrons. The predicted octanol–water partition coefficient (Wildman–Crippen LogP) is -5.60. The molecule has 110 heavy (non-hydrogen) atoms. The molecule has 40 nitrogen and oxygen atoms in total. The maximum atomic E-state index is 14.8. The average Bonchev–Trinajstić information content (AvgIpc) is 1.70. The minimum atomic E-state index is -1.80. The molecule has 0 unspecified atom stereocenters. The number of carbonyl (C=O) groups excluding carboxylic acids is 15. The number of nitrogens with one attached hydrogen (secondary N) is 16. The SMILES string of the molecule is CC(C)C[C@H](NC(=O)[C@@H](COC(C)(C)C)NC(=O)[C@H](Cc1ccc(O)cc1)NC(=O)[C@H](CO)NC(=O)[C@H](Cc1c[nH]c2ccccc12)NC(=O)[C@H](Cc1c[nH]cn1)NC(=O)[C@@H]1CCC(=O)N1)C(=O)N[C@@H](CCCNC(=N)N)C(=O)N1CCC[C@H]1C(=O)NNC(N)=O.C[C@@H](CN1CC(=O)NC(=O)C1)N1CC(=O)NC(=O)C1. The quantitative estimate of drug-likeness (QED) is 0.00682. The van der Waals surface area contributed by atoms with E-state index < -0.39 is 132 Å². The molecule has 40 heteroatoms. The van der Waals surface area contributed by atoms with Gasteiger partial charge in [0.05, 0.1) is 57.0 Å². The number of nitrogens with two attached hydrogens (primary N) is 2. The highest BCUT2D eigenvalue weighted by Crippen LogP contribution is 2.23. The van der Waals surface area contributed by atoms with Crippen molar-refractivity contribution < 1.29 is 86.9 Å². The fourth-order valence-electron chi connectivity index (χ4n) is 12.5. The molecule has 10 atom stereocenters. The molecule has 8 rings (SSSR count). The number of likely N-dealkylation sites (tertiary alicyclic amines) is 1. The van der Waals surface area contributed by atoms with Crippen molar-refractivity contribution in [1.82, 2.24) is 99.0 Å². The van der Waals surface area contributed by atoms with Crippen LogP contribution in [-0.4, -0.2) is 260 Å². The van der Waals surface area contributed by atoms with E-state index in [0.717, 1.165) is 0 Å². The number of para-hydroxylation sites is 1. The lowest BCUT2D eigenvalue weighted by Gasteiger charge is -2.35. The standard InChI is InChI=1S/C59H84N18O14.C11H16N4O4/c1-31(2)22-40(49(82)68-39(12-8-20-64-57(60)61)56(89)77-21-9-13-46(77)55(88)75-76-58(62)90)69-54(87)45(29-91-59(3,4)5)74-50(83)41(23-32-14-16-35(79)17-15-32)70-53(86)44(28-78)73-51(84)42(24-33-26-65-37-11-7-6-10-36(33)37)71-52(85)43(25-34-27-63-30-66-34)72-48(81)38-18-19-47(80)67-38;1-7(15-5-10(18)13-11(19)6-15)2-14-3-8(16)12-9(17)4-14/h6-7,10-11,14-17,26-27,30-31,38-46,65,78-79H,8-9,12-13,18-25,28-29H2,1-5H3,(H,63,66)(H,67,80)(H,68,82)(H,69,87)(H,70,86)(H,71,85)(H,72,81)(H,73,84)(H,74,83)(H,75,88)(H4,60,61,64)(H3,62,76,90);7H,2-6H2,1H3,(H,12,16,17)(H,13,18,19)/t38-,39-,40-,41-,42-,43-,44-,45+,46-;7-/m00/s1. The van der Waals surface area contributed by atoms with Crippen molar-refractivity contribution in [3.8, 4) is 5.75 Å². The van der Waals surface area contributed by atoms with Crippen molar-refractivity contribution in [2.45, 2.75) is 172 Å². The second-order valence-corrected chi connectivity index (χ2v) is 28.5. The van der Waals surface area contributed by atoms with Crippen molar-refractivity contribution in [3.63, 3.8) is 0 Å². The lowest BCUT2D eigenvalue weighted by molar-refractivity contribution is -0.142. The number of guanidine groups is 1. The Hall–Kier alpha value is -11.6. The van der Waals surface area contributed by atoms with Crippen LogP contribution in [0.3, 0.4) is 0 Å². The lowest BCUT2D eigenvalue weighted by Crippen LogP contribution is -2.62. The molecule has 0 spiro atoms. The van der Waals surface area contributed by atoms with Gasteiger partial charge in [0.15, 0.2) is 5.96 Å². The Morgan fingerprint density at radius 2 is 1.24 bits per heavy atom. The van der Waals surface area contributed by atoms with Crippen LogP contribution in [0, 0.1) is 11.3 Å². The van der Waals surface area contributed by atoms with Crippen molar-refractivity contribution in [3.05, 3.63) is 84.1 Å². The molecule has 0 saturated carbocycles. The highest BCUT2D eigenvalue weighted by Gasteiger charge is 2.41. The van der Waals surface area contributed by atoms with E-state index in [9.17, 15) is 82.1 Å². The summed E-state index contributed by atoms with van der Waals surface area (Å²) in [5.74, 6) is -10.0. The number of benzene rings is 2. The van der Waals surface area contributed by atoms with Gasteiger partial charge in [0.2, 0.25) is 76.8 Å². The number of aromatic amines is 2. The Bertz CT molecular complexity index is 3950. The fraction of sp³-hybridized carbons (Fsp3) is 0.529. The number of primary amides is 1. The minimum absolute atomic E-state index is 0.00232. The number of hydrazine groups is 1. The van der Waals surface area contributed by atoms with Crippen LogP contribution in [0.5, 0.6) is 5.75 Å². The van der Waals surface area contributed by atoms with E-state index in [-0.39, 0.29) is 150 Å². The highest BCUT2D eigenvalue weighted by atomic mass is 16.5. The topological polar surface area (TPSA) is 592 Å². The Balaban J connectivity index is 0.000000764. The fourth-order valence-corrected chi connectivity index (χ4v) is 12.5. The van der Waals surface area contributed by atoms with E-state index in [1.165, 1.54) is 41.7 Å². The molecule has 0 bridgehead atoms. The van der Waals surface area contributed by atoms with Gasteiger partial charge in [-0.25, -0.2) is 15.2 Å². The highest BCUT2D eigenvalue weighted by molar-refractivity contribution is 6.02. The number of piperazine rings is 2. The van der Waals surface area contributed by atoms with Gasteiger partial charge in [-0.2, -0.15) is 0 Å². The summed E-state index contributed by atoms with van der Waals surface area (Å²) in [6.07, 6.45) is 4.95. The number of aliphatic hydroxyl groups is 1. The van der Waals surface area contributed by atoms with Gasteiger partial charge in [-0.1, -0.05) is 44.2 Å². The van der Waals surface area contributed by atoms with Gasteiger partial charge in [0.25, 0.3) is 5.91 Å². The van der Waals surface area contributed by atoms with Crippen LogP contribution in [-0.2, 0) is 91.1 Å². The zero-order chi connectivity index (χ0) is 80.5. The number of phenols is 1. The number of fused-ring (bicyclic) bond motifs is 1. The molecule has 4 aliphatic rings. The van der Waals surface area contributed by atoms with Gasteiger partial charge in [-0.15, -0.1) is 0 Å². The summed E-state index contributed by atoms with van der Waals surface area (Å²) in [4.78, 5) is 211. The monoisotopic (exact) mass is 1540 g/mol. The van der Waals surface area contributed by atoms with E-state index in [2.05, 4.69) is 78.9 Å². The van der Waals surface area contributed by atoms with Crippen LogP contribution in [0.4, 0.5) is 4.79 Å². The number of amides is 16. The van der Waals surface area contributed by atoms with Gasteiger partial charge >= 0.3 is 6.03 Å². The number of imide groups is 2. The number of aromatic nitrogens is 3. The molecule has 22 N–H and O–H groups in total. The normalized spacial score (nSPS) is 18.2. The number of rotatable bonds is 34. The number of carbonyl (C=O) groups is 15. The number of phenolic OH excluding ortho intramolecular Hbond substituents is 1. The molecule has 4 aromatic rings. The van der Waals surface area contributed by atoms with Crippen molar-refractivity contribution >= 4 is 106 Å². The number of imidazole rings is 1. The number of aromatic hydroxyl groups is 1. The van der Waals surface area contributed by atoms with Gasteiger partial charge in [-0.3, -0.25) is 98.4 Å². The number of ether oxygens (including phenoxy) is 1. The molecule has 6 heterocycles. The van der Waals surface area contributed by atoms with Crippen molar-refractivity contribution in [2.24, 2.45) is 17.4 Å². The molecule has 0 radical (unpaired) electrons. The molecule has 0 aliphatic carbocycles. The summed E-state index contributed by atoms with van der Waals surface area (Å²) in [5, 5.41) is 57.4. The van der Waals surface area contributed by atoms with Crippen molar-refractivity contribution in [2.75, 3.05) is 59.0 Å². The molecule has 2 aromatic carbocycles. The summed E-state index contributed by atoms with van der Waals surface area (Å²) in [6.45, 7) is 10.3. The van der Waals surface area contributed by atoms with E-state index in [1.54, 1.807) is 74.9 Å². The Morgan fingerprint density at radius 1 is 0.664 bits per heavy atom. The number of H-pyrrole nitrogens is 2.